The second kappa shape index (κ2) is 6.38. The van der Waals surface area contributed by atoms with E-state index >= 15 is 0 Å². The first kappa shape index (κ1) is 16.0. The van der Waals surface area contributed by atoms with Gasteiger partial charge in [0, 0.05) is 13.1 Å². The Labute approximate surface area is 117 Å². The standard InChI is InChI=1S/C15H27N3O/c1-11(2)15(5,10-16)17-14(19)9-18-7-12(3)6-13(4)8-18/h11-13H,6-9H2,1-5H3,(H,17,19)/t12-,13+,15-/m0/s1. The van der Waals surface area contributed by atoms with Gasteiger partial charge in [-0.25, -0.2) is 0 Å². The van der Waals surface area contributed by atoms with Gasteiger partial charge in [-0.15, -0.1) is 0 Å². The average molecular weight is 265 g/mol. The summed E-state index contributed by atoms with van der Waals surface area (Å²) in [6.07, 6.45) is 1.24. The van der Waals surface area contributed by atoms with Gasteiger partial charge in [0.05, 0.1) is 12.6 Å². The first-order chi connectivity index (χ1) is 8.76. The van der Waals surface area contributed by atoms with Gasteiger partial charge < -0.3 is 5.32 Å². The lowest BCUT2D eigenvalue weighted by Gasteiger charge is -2.35. The molecule has 1 rings (SSSR count). The molecule has 0 bridgehead atoms. The Morgan fingerprint density at radius 3 is 2.37 bits per heavy atom. The molecule has 0 saturated carbocycles. The van der Waals surface area contributed by atoms with E-state index in [4.69, 9.17) is 0 Å². The van der Waals surface area contributed by atoms with Crippen molar-refractivity contribution < 1.29 is 4.79 Å². The average Bonchev–Trinajstić information content (AvgIpc) is 2.26. The molecule has 1 amide bonds. The summed E-state index contributed by atoms with van der Waals surface area (Å²) in [6, 6.07) is 2.21. The second-order valence-corrected chi connectivity index (χ2v) is 6.66. The summed E-state index contributed by atoms with van der Waals surface area (Å²) < 4.78 is 0. The van der Waals surface area contributed by atoms with Gasteiger partial charge in [0.1, 0.15) is 5.54 Å². The molecule has 0 aliphatic carbocycles. The zero-order valence-corrected chi connectivity index (χ0v) is 12.9. The van der Waals surface area contributed by atoms with Crippen LogP contribution in [-0.2, 0) is 4.79 Å². The molecule has 0 aromatic carbocycles. The smallest absolute Gasteiger partial charge is 0.235 e. The third-order valence-electron chi connectivity index (χ3n) is 4.10. The van der Waals surface area contributed by atoms with Crippen LogP contribution in [0.25, 0.3) is 0 Å². The van der Waals surface area contributed by atoms with Crippen molar-refractivity contribution in [2.45, 2.75) is 46.6 Å². The van der Waals surface area contributed by atoms with E-state index < -0.39 is 5.54 Å². The van der Waals surface area contributed by atoms with Crippen molar-refractivity contribution in [3.8, 4) is 6.07 Å². The van der Waals surface area contributed by atoms with Crippen LogP contribution in [0.1, 0.15) is 41.0 Å². The molecule has 0 unspecified atom stereocenters. The maximum absolute atomic E-state index is 12.1. The quantitative estimate of drug-likeness (QED) is 0.846. The normalized spacial score (nSPS) is 27.6. The summed E-state index contributed by atoms with van der Waals surface area (Å²) in [5.74, 6) is 1.34. The van der Waals surface area contributed by atoms with E-state index in [0.717, 1.165) is 13.1 Å². The molecule has 0 spiro atoms. The van der Waals surface area contributed by atoms with Crippen molar-refractivity contribution in [1.29, 1.82) is 5.26 Å². The van der Waals surface area contributed by atoms with Gasteiger partial charge in [-0.2, -0.15) is 5.26 Å². The van der Waals surface area contributed by atoms with Crippen LogP contribution in [0.3, 0.4) is 0 Å². The highest BCUT2D eigenvalue weighted by Crippen LogP contribution is 2.21. The van der Waals surface area contributed by atoms with Crippen LogP contribution < -0.4 is 5.32 Å². The van der Waals surface area contributed by atoms with E-state index in [1.165, 1.54) is 6.42 Å². The van der Waals surface area contributed by atoms with E-state index in [1.807, 2.05) is 13.8 Å². The third-order valence-corrected chi connectivity index (χ3v) is 4.10. The van der Waals surface area contributed by atoms with Crippen molar-refractivity contribution in [1.82, 2.24) is 10.2 Å². The van der Waals surface area contributed by atoms with Crippen molar-refractivity contribution in [2.75, 3.05) is 19.6 Å². The van der Waals surface area contributed by atoms with Crippen LogP contribution in [0, 0.1) is 29.1 Å². The van der Waals surface area contributed by atoms with Crippen LogP contribution in [0.5, 0.6) is 0 Å². The summed E-state index contributed by atoms with van der Waals surface area (Å²) in [6.45, 7) is 12.5. The molecule has 108 valence electrons. The minimum absolute atomic E-state index is 0.0425. The van der Waals surface area contributed by atoms with E-state index in [2.05, 4.69) is 30.1 Å². The number of nitriles is 1. The number of hydrogen-bond acceptors (Lipinski definition) is 3. The summed E-state index contributed by atoms with van der Waals surface area (Å²) in [5.41, 5.74) is -0.774. The topological polar surface area (TPSA) is 56.1 Å². The van der Waals surface area contributed by atoms with Crippen LogP contribution >= 0.6 is 0 Å². The summed E-state index contributed by atoms with van der Waals surface area (Å²) >= 11 is 0. The lowest BCUT2D eigenvalue weighted by molar-refractivity contribution is -0.124. The predicted octanol–water partition coefficient (Wildman–Crippen LogP) is 2.02. The predicted molar refractivity (Wildman–Crippen MR) is 76.4 cm³/mol. The maximum atomic E-state index is 12.1. The second-order valence-electron chi connectivity index (χ2n) is 6.66. The first-order valence-electron chi connectivity index (χ1n) is 7.21. The molecule has 0 aromatic rings. The minimum Gasteiger partial charge on any atom is -0.337 e. The highest BCUT2D eigenvalue weighted by molar-refractivity contribution is 5.79. The number of carbonyl (C=O) groups is 1. The molecule has 1 heterocycles. The Kier molecular flexibility index (Phi) is 5.37. The Bertz CT molecular complexity index is 351. The molecule has 19 heavy (non-hydrogen) atoms. The van der Waals surface area contributed by atoms with Gasteiger partial charge in [-0.05, 0) is 31.1 Å². The number of hydrogen-bond donors (Lipinski definition) is 1. The van der Waals surface area contributed by atoms with E-state index in [1.54, 1.807) is 6.92 Å². The van der Waals surface area contributed by atoms with Gasteiger partial charge in [0.25, 0.3) is 0 Å². The Balaban J connectivity index is 2.54. The van der Waals surface area contributed by atoms with Gasteiger partial charge in [0.15, 0.2) is 0 Å². The van der Waals surface area contributed by atoms with Crippen LogP contribution in [0.4, 0.5) is 0 Å². The fourth-order valence-corrected chi connectivity index (χ4v) is 2.75. The van der Waals surface area contributed by atoms with Crippen LogP contribution in [0.15, 0.2) is 0 Å². The molecule has 0 aromatic heterocycles. The van der Waals surface area contributed by atoms with Crippen molar-refractivity contribution in [3.63, 3.8) is 0 Å². The van der Waals surface area contributed by atoms with Gasteiger partial charge in [-0.1, -0.05) is 27.7 Å². The van der Waals surface area contributed by atoms with E-state index in [-0.39, 0.29) is 11.8 Å². The largest absolute Gasteiger partial charge is 0.337 e. The highest BCUT2D eigenvalue weighted by Gasteiger charge is 2.31. The Hall–Kier alpha value is -1.08. The van der Waals surface area contributed by atoms with E-state index in [9.17, 15) is 10.1 Å². The molecule has 0 radical (unpaired) electrons. The lowest BCUT2D eigenvalue weighted by Crippen LogP contribution is -2.53. The summed E-state index contributed by atoms with van der Waals surface area (Å²) in [7, 11) is 0. The zero-order valence-electron chi connectivity index (χ0n) is 12.9. The maximum Gasteiger partial charge on any atom is 0.235 e. The molecule has 1 N–H and O–H groups in total. The Morgan fingerprint density at radius 1 is 1.42 bits per heavy atom. The minimum atomic E-state index is -0.774. The molecule has 4 nitrogen and oxygen atoms in total. The molecular formula is C15H27N3O. The number of rotatable bonds is 4. The molecule has 1 fully saturated rings. The van der Waals surface area contributed by atoms with Gasteiger partial charge >= 0.3 is 0 Å². The lowest BCUT2D eigenvalue weighted by atomic mass is 9.89. The fourth-order valence-electron chi connectivity index (χ4n) is 2.75. The SMILES string of the molecule is CC(C)[C@](C)(C#N)NC(=O)CN1C[C@H](C)C[C@H](C)C1. The molecule has 3 atom stereocenters. The number of nitrogens with one attached hydrogen (secondary N) is 1. The Morgan fingerprint density at radius 2 is 1.95 bits per heavy atom. The number of nitrogens with zero attached hydrogens (tertiary/aromatic N) is 2. The number of carbonyl (C=O) groups excluding carboxylic acids is 1. The fraction of sp³-hybridized carbons (Fsp3) is 0.867. The first-order valence-corrected chi connectivity index (χ1v) is 7.21. The monoisotopic (exact) mass is 265 g/mol. The van der Waals surface area contributed by atoms with Crippen molar-refractivity contribution in [3.05, 3.63) is 0 Å². The highest BCUT2D eigenvalue weighted by atomic mass is 16.2. The zero-order chi connectivity index (χ0) is 14.6. The molecular weight excluding hydrogens is 238 g/mol. The van der Waals surface area contributed by atoms with Gasteiger partial charge in [-0.3, -0.25) is 9.69 Å². The van der Waals surface area contributed by atoms with Crippen LogP contribution in [-0.4, -0.2) is 36.0 Å². The number of amides is 1. The summed E-state index contributed by atoms with van der Waals surface area (Å²) in [4.78, 5) is 14.3. The van der Waals surface area contributed by atoms with Gasteiger partial charge in [0.2, 0.25) is 5.91 Å². The third kappa shape index (κ3) is 4.50. The van der Waals surface area contributed by atoms with Crippen LogP contribution in [0.2, 0.25) is 0 Å². The number of likely N-dealkylation sites (tertiary alicyclic amines) is 1. The molecule has 4 heteroatoms. The molecule has 1 saturated heterocycles. The number of piperidine rings is 1. The molecule has 1 aliphatic rings. The van der Waals surface area contributed by atoms with E-state index in [0.29, 0.717) is 18.4 Å². The summed E-state index contributed by atoms with van der Waals surface area (Å²) in [5, 5.41) is 12.1. The molecule has 1 aliphatic heterocycles. The van der Waals surface area contributed by atoms with Crippen molar-refractivity contribution in [2.24, 2.45) is 17.8 Å². The van der Waals surface area contributed by atoms with Crippen molar-refractivity contribution >= 4 is 5.91 Å².